The van der Waals surface area contributed by atoms with Crippen molar-refractivity contribution < 1.29 is 4.79 Å². The Balaban J connectivity index is 2.31. The molecule has 0 spiro atoms. The van der Waals surface area contributed by atoms with Gasteiger partial charge in [-0.2, -0.15) is 0 Å². The first-order valence-corrected chi connectivity index (χ1v) is 7.41. The predicted octanol–water partition coefficient (Wildman–Crippen LogP) is 3.83. The van der Waals surface area contributed by atoms with E-state index in [2.05, 4.69) is 31.2 Å². The third-order valence-corrected chi connectivity index (χ3v) is 3.42. The van der Waals surface area contributed by atoms with E-state index >= 15 is 0 Å². The number of benzene rings is 1. The van der Waals surface area contributed by atoms with Crippen molar-refractivity contribution in [2.24, 2.45) is 0 Å². The Bertz CT molecular complexity index is 385. The van der Waals surface area contributed by atoms with Gasteiger partial charge in [-0.1, -0.05) is 37.6 Å². The first-order chi connectivity index (χ1) is 9.13. The average molecular weight is 261 g/mol. The summed E-state index contributed by atoms with van der Waals surface area (Å²) in [6.07, 6.45) is 7.53. The molecule has 0 aliphatic carbocycles. The van der Waals surface area contributed by atoms with Crippen LogP contribution in [0.2, 0.25) is 0 Å². The van der Waals surface area contributed by atoms with Gasteiger partial charge in [0, 0.05) is 20.5 Å². The molecule has 0 fully saturated rings. The lowest BCUT2D eigenvalue weighted by Crippen LogP contribution is -2.21. The van der Waals surface area contributed by atoms with Gasteiger partial charge < -0.3 is 4.90 Å². The Morgan fingerprint density at radius 1 is 1.05 bits per heavy atom. The van der Waals surface area contributed by atoms with E-state index in [1.165, 1.54) is 30.4 Å². The maximum Gasteiger partial charge on any atom is 0.222 e. The third kappa shape index (κ3) is 6.42. The Morgan fingerprint density at radius 3 is 2.26 bits per heavy atom. The van der Waals surface area contributed by atoms with Crippen molar-refractivity contribution >= 4 is 5.91 Å². The molecule has 0 bridgehead atoms. The monoisotopic (exact) mass is 261 g/mol. The molecule has 2 heteroatoms. The summed E-state index contributed by atoms with van der Waals surface area (Å²) in [4.78, 5) is 13.1. The largest absolute Gasteiger partial charge is 0.349 e. The molecule has 19 heavy (non-hydrogen) atoms. The quantitative estimate of drug-likeness (QED) is 0.651. The summed E-state index contributed by atoms with van der Waals surface area (Å²) in [6.45, 7) is 2.23. The fraction of sp³-hybridized carbons (Fsp3) is 0.588. The van der Waals surface area contributed by atoms with Crippen molar-refractivity contribution in [1.82, 2.24) is 4.90 Å². The summed E-state index contributed by atoms with van der Waals surface area (Å²) in [5, 5.41) is 0. The first-order valence-electron chi connectivity index (χ1n) is 7.41. The van der Waals surface area contributed by atoms with Crippen molar-refractivity contribution in [1.29, 1.82) is 0 Å². The Labute approximate surface area is 117 Å². The fourth-order valence-electron chi connectivity index (χ4n) is 2.15. The van der Waals surface area contributed by atoms with Crippen molar-refractivity contribution in [2.45, 2.75) is 51.9 Å². The van der Waals surface area contributed by atoms with Crippen molar-refractivity contribution in [3.8, 4) is 0 Å². The van der Waals surface area contributed by atoms with Gasteiger partial charge >= 0.3 is 0 Å². The number of amides is 1. The predicted molar refractivity (Wildman–Crippen MR) is 81.3 cm³/mol. The lowest BCUT2D eigenvalue weighted by Gasteiger charge is -2.09. The lowest BCUT2D eigenvalue weighted by atomic mass is 10.0. The van der Waals surface area contributed by atoms with E-state index in [9.17, 15) is 4.79 Å². The van der Waals surface area contributed by atoms with Crippen LogP contribution in [0.15, 0.2) is 24.3 Å². The van der Waals surface area contributed by atoms with Crippen LogP contribution in [0.5, 0.6) is 0 Å². The molecule has 1 aromatic rings. The zero-order valence-electron chi connectivity index (χ0n) is 12.6. The maximum absolute atomic E-state index is 11.5. The summed E-state index contributed by atoms with van der Waals surface area (Å²) in [5.41, 5.74) is 2.86. The lowest BCUT2D eigenvalue weighted by molar-refractivity contribution is -0.128. The van der Waals surface area contributed by atoms with Crippen molar-refractivity contribution in [3.05, 3.63) is 35.4 Å². The zero-order chi connectivity index (χ0) is 14.1. The first kappa shape index (κ1) is 15.7. The molecule has 0 saturated heterocycles. The van der Waals surface area contributed by atoms with Crippen LogP contribution in [-0.2, 0) is 17.6 Å². The van der Waals surface area contributed by atoms with Gasteiger partial charge in [0.15, 0.2) is 0 Å². The van der Waals surface area contributed by atoms with Crippen molar-refractivity contribution in [3.63, 3.8) is 0 Å². The minimum Gasteiger partial charge on any atom is -0.349 e. The van der Waals surface area contributed by atoms with E-state index in [-0.39, 0.29) is 5.91 Å². The van der Waals surface area contributed by atoms with Crippen LogP contribution in [0, 0.1) is 0 Å². The molecule has 0 saturated carbocycles. The second-order valence-corrected chi connectivity index (χ2v) is 5.42. The van der Waals surface area contributed by atoms with Gasteiger partial charge in [-0.15, -0.1) is 0 Å². The van der Waals surface area contributed by atoms with E-state index in [0.717, 1.165) is 19.3 Å². The highest BCUT2D eigenvalue weighted by Crippen LogP contribution is 2.12. The van der Waals surface area contributed by atoms with Crippen molar-refractivity contribution in [2.75, 3.05) is 14.1 Å². The molecule has 0 aromatic heterocycles. The SMILES string of the molecule is CCCCc1cccc(CCCCC(=O)N(C)C)c1. The Hall–Kier alpha value is -1.31. The number of carbonyl (C=O) groups is 1. The number of rotatable bonds is 8. The molecule has 2 nitrogen and oxygen atoms in total. The van der Waals surface area contributed by atoms with Gasteiger partial charge in [0.2, 0.25) is 5.91 Å². The number of hydrogen-bond acceptors (Lipinski definition) is 1. The molecule has 0 N–H and O–H groups in total. The maximum atomic E-state index is 11.5. The summed E-state index contributed by atoms with van der Waals surface area (Å²) < 4.78 is 0. The average Bonchev–Trinajstić information content (AvgIpc) is 2.41. The third-order valence-electron chi connectivity index (χ3n) is 3.42. The highest BCUT2D eigenvalue weighted by molar-refractivity contribution is 5.75. The molecule has 0 unspecified atom stereocenters. The van der Waals surface area contributed by atoms with Crippen LogP contribution in [0.25, 0.3) is 0 Å². The minimum absolute atomic E-state index is 0.233. The standard InChI is InChI=1S/C17H27NO/c1-4-5-9-15-11-8-12-16(14-15)10-6-7-13-17(19)18(2)3/h8,11-12,14H,4-7,9-10,13H2,1-3H3. The molecular weight excluding hydrogens is 234 g/mol. The van der Waals surface area contributed by atoms with Gasteiger partial charge in [-0.3, -0.25) is 4.79 Å². The van der Waals surface area contributed by atoms with Crippen LogP contribution in [-0.4, -0.2) is 24.9 Å². The van der Waals surface area contributed by atoms with Gasteiger partial charge in [0.1, 0.15) is 0 Å². The molecule has 1 aromatic carbocycles. The number of nitrogens with zero attached hydrogens (tertiary/aromatic N) is 1. The van der Waals surface area contributed by atoms with Gasteiger partial charge in [0.25, 0.3) is 0 Å². The minimum atomic E-state index is 0.233. The van der Waals surface area contributed by atoms with E-state index < -0.39 is 0 Å². The summed E-state index contributed by atoms with van der Waals surface area (Å²) in [7, 11) is 3.64. The molecule has 0 radical (unpaired) electrons. The smallest absolute Gasteiger partial charge is 0.222 e. The highest BCUT2D eigenvalue weighted by atomic mass is 16.2. The molecule has 0 aliphatic heterocycles. The molecule has 0 aliphatic rings. The molecule has 0 heterocycles. The normalized spacial score (nSPS) is 10.5. The number of carbonyl (C=O) groups excluding carboxylic acids is 1. The number of unbranched alkanes of at least 4 members (excludes halogenated alkanes) is 2. The Kier molecular flexibility index (Phi) is 7.24. The molecule has 1 amide bonds. The number of aryl methyl sites for hydroxylation is 2. The van der Waals surface area contributed by atoms with Gasteiger partial charge in [0.05, 0.1) is 0 Å². The number of hydrogen-bond donors (Lipinski definition) is 0. The summed E-state index contributed by atoms with van der Waals surface area (Å²) >= 11 is 0. The van der Waals surface area contributed by atoms with Gasteiger partial charge in [-0.05, 0) is 43.2 Å². The summed E-state index contributed by atoms with van der Waals surface area (Å²) in [6, 6.07) is 8.90. The van der Waals surface area contributed by atoms with E-state index in [1.807, 2.05) is 14.1 Å². The van der Waals surface area contributed by atoms with Crippen LogP contribution in [0.3, 0.4) is 0 Å². The zero-order valence-corrected chi connectivity index (χ0v) is 12.6. The van der Waals surface area contributed by atoms with Crippen LogP contribution in [0.4, 0.5) is 0 Å². The molecular formula is C17H27NO. The summed E-state index contributed by atoms with van der Waals surface area (Å²) in [5.74, 6) is 0.233. The fourth-order valence-corrected chi connectivity index (χ4v) is 2.15. The Morgan fingerprint density at radius 2 is 1.68 bits per heavy atom. The van der Waals surface area contributed by atoms with Gasteiger partial charge in [-0.25, -0.2) is 0 Å². The highest BCUT2D eigenvalue weighted by Gasteiger charge is 2.03. The van der Waals surface area contributed by atoms with Crippen LogP contribution in [0.1, 0.15) is 50.2 Å². The van der Waals surface area contributed by atoms with E-state index in [1.54, 1.807) is 4.90 Å². The molecule has 1 rings (SSSR count). The molecule has 106 valence electrons. The van der Waals surface area contributed by atoms with E-state index in [0.29, 0.717) is 6.42 Å². The van der Waals surface area contributed by atoms with Crippen LogP contribution >= 0.6 is 0 Å². The second kappa shape index (κ2) is 8.73. The topological polar surface area (TPSA) is 20.3 Å². The van der Waals surface area contributed by atoms with E-state index in [4.69, 9.17) is 0 Å². The molecule has 0 atom stereocenters. The van der Waals surface area contributed by atoms with Crippen LogP contribution < -0.4 is 0 Å². The second-order valence-electron chi connectivity index (χ2n) is 5.42.